The van der Waals surface area contributed by atoms with Gasteiger partial charge in [0.2, 0.25) is 17.7 Å². The summed E-state index contributed by atoms with van der Waals surface area (Å²) in [5.74, 6) is -3.40. The highest BCUT2D eigenvalue weighted by Crippen LogP contribution is 2.53. The van der Waals surface area contributed by atoms with Crippen LogP contribution in [0, 0.1) is 11.8 Å². The maximum Gasteiger partial charge on any atom is 0.306 e. The number of allylic oxidation sites excluding steroid dienone is 1. The van der Waals surface area contributed by atoms with Crippen LogP contribution in [0.15, 0.2) is 54.6 Å². The van der Waals surface area contributed by atoms with Crippen LogP contribution in [0.4, 0.5) is 0 Å². The fourth-order valence-electron chi connectivity index (χ4n) is 6.67. The summed E-state index contributed by atoms with van der Waals surface area (Å²) in [7, 11) is 0. The third-order valence-corrected chi connectivity index (χ3v) is 8.73. The highest BCUT2D eigenvalue weighted by Gasteiger charge is 2.72. The molecule has 4 aliphatic heterocycles. The lowest BCUT2D eigenvalue weighted by Gasteiger charge is -2.39. The maximum absolute atomic E-state index is 14.4. The minimum Gasteiger partial charge on any atom is -0.463 e. The van der Waals surface area contributed by atoms with Gasteiger partial charge in [-0.15, -0.1) is 0 Å². The summed E-state index contributed by atoms with van der Waals surface area (Å²) in [5.41, 5.74) is -0.640. The van der Waals surface area contributed by atoms with Crippen molar-refractivity contribution in [2.45, 2.75) is 75.9 Å². The lowest BCUT2D eigenvalue weighted by Crippen LogP contribution is -2.58. The van der Waals surface area contributed by atoms with E-state index in [0.717, 1.165) is 5.56 Å². The van der Waals surface area contributed by atoms with E-state index in [0.29, 0.717) is 19.4 Å². The number of aliphatic hydroxyl groups excluding tert-OH is 1. The predicted octanol–water partition coefficient (Wildman–Crippen LogP) is 1.90. The molecule has 3 amide bonds. The molecule has 0 aliphatic carbocycles. The number of carbonyl (C=O) groups excluding carboxylic acids is 4. The monoisotopic (exact) mass is 565 g/mol. The first kappa shape index (κ1) is 29.0. The Hall–Kier alpha value is -3.50. The number of nitrogens with zero attached hydrogens (tertiary/aromatic N) is 2. The van der Waals surface area contributed by atoms with E-state index in [9.17, 15) is 24.3 Å². The van der Waals surface area contributed by atoms with Gasteiger partial charge < -0.3 is 29.7 Å². The molecule has 2 N–H and O–H groups in total. The molecule has 10 heteroatoms. The third kappa shape index (κ3) is 5.08. The zero-order valence-corrected chi connectivity index (χ0v) is 23.8. The molecule has 4 aliphatic rings. The first-order chi connectivity index (χ1) is 19.7. The molecular formula is C31H39N3O7. The normalized spacial score (nSPS) is 33.6. The second kappa shape index (κ2) is 11.8. The van der Waals surface area contributed by atoms with E-state index in [1.165, 1.54) is 4.90 Å². The number of ether oxygens (including phenoxy) is 2. The van der Waals surface area contributed by atoms with E-state index in [2.05, 4.69) is 5.32 Å². The van der Waals surface area contributed by atoms with Crippen LogP contribution in [0.3, 0.4) is 0 Å². The standard InChI is InChI=1S/C31H39N3O7/c1-4-21(17-35)34-27-30(39)33(19(2)3)16-10-15-31(27)26(29(34)38)25-23(41-31)13-8-9-14-24(36)40-18-22(32-28(25)37)20-11-6-5-7-12-20/h5-8,10-13,15,19,21-23,25-27,35H,4,9,14,16-18H2,1-3H3,(H,32,37)/b13-8-/t21-,22+,23-,25+,26+,27-,31+/m0/s1. The van der Waals surface area contributed by atoms with Gasteiger partial charge in [0.1, 0.15) is 18.2 Å². The molecule has 0 radical (unpaired) electrons. The lowest BCUT2D eigenvalue weighted by molar-refractivity contribution is -0.152. The van der Waals surface area contributed by atoms with Crippen LogP contribution in [0.2, 0.25) is 0 Å². The molecule has 0 bridgehead atoms. The van der Waals surface area contributed by atoms with E-state index in [4.69, 9.17) is 9.47 Å². The van der Waals surface area contributed by atoms with Gasteiger partial charge >= 0.3 is 5.97 Å². The molecule has 5 rings (SSSR count). The van der Waals surface area contributed by atoms with Gasteiger partial charge in [0.15, 0.2) is 0 Å². The van der Waals surface area contributed by atoms with Crippen molar-refractivity contribution in [1.82, 2.24) is 15.1 Å². The fourth-order valence-corrected chi connectivity index (χ4v) is 6.67. The van der Waals surface area contributed by atoms with Gasteiger partial charge in [-0.05, 0) is 32.3 Å². The average molecular weight is 566 g/mol. The Bertz CT molecular complexity index is 1230. The number of rotatable bonds is 5. The van der Waals surface area contributed by atoms with Gasteiger partial charge in [-0.1, -0.05) is 61.6 Å². The maximum atomic E-state index is 14.4. The quantitative estimate of drug-likeness (QED) is 0.413. The Balaban J connectivity index is 1.61. The van der Waals surface area contributed by atoms with Gasteiger partial charge in [0, 0.05) is 19.0 Å². The van der Waals surface area contributed by atoms with Crippen LogP contribution in [0.5, 0.6) is 0 Å². The van der Waals surface area contributed by atoms with Crippen LogP contribution in [-0.2, 0) is 28.7 Å². The van der Waals surface area contributed by atoms with Gasteiger partial charge in [-0.3, -0.25) is 19.2 Å². The average Bonchev–Trinajstić information content (AvgIpc) is 3.34. The Kier molecular flexibility index (Phi) is 8.33. The molecule has 10 nitrogen and oxygen atoms in total. The number of carbonyl (C=O) groups is 4. The van der Waals surface area contributed by atoms with E-state index >= 15 is 0 Å². The largest absolute Gasteiger partial charge is 0.463 e. The molecule has 1 spiro atoms. The van der Waals surface area contributed by atoms with Crippen LogP contribution < -0.4 is 5.32 Å². The highest BCUT2D eigenvalue weighted by molar-refractivity contribution is 6.00. The molecule has 0 saturated carbocycles. The van der Waals surface area contributed by atoms with Crippen molar-refractivity contribution >= 4 is 23.7 Å². The second-order valence-corrected chi connectivity index (χ2v) is 11.4. The summed E-state index contributed by atoms with van der Waals surface area (Å²) < 4.78 is 12.2. The van der Waals surface area contributed by atoms with Gasteiger partial charge in [-0.2, -0.15) is 0 Å². The summed E-state index contributed by atoms with van der Waals surface area (Å²) in [6.45, 7) is 5.65. The Morgan fingerprint density at radius 3 is 2.54 bits per heavy atom. The number of nitrogens with one attached hydrogen (secondary N) is 1. The Labute approximate surface area is 240 Å². The number of hydrogen-bond acceptors (Lipinski definition) is 7. The SMILES string of the molecule is CC[C@@H](CO)N1C(=O)[C@H]2[C@@H]3C(=O)N[C@@H](c4ccccc4)COC(=O)CC/C=C\[C@@H]3O[C@]23C=CCN(C(C)C)C(=O)[C@H]13. The molecule has 220 valence electrons. The summed E-state index contributed by atoms with van der Waals surface area (Å²) in [4.78, 5) is 58.2. The fraction of sp³-hybridized carbons (Fsp3) is 0.548. The number of aliphatic hydroxyl groups is 1. The van der Waals surface area contributed by atoms with Crippen molar-refractivity contribution in [2.24, 2.45) is 11.8 Å². The highest BCUT2D eigenvalue weighted by atomic mass is 16.5. The van der Waals surface area contributed by atoms with Crippen molar-refractivity contribution in [3.63, 3.8) is 0 Å². The Morgan fingerprint density at radius 2 is 1.85 bits per heavy atom. The van der Waals surface area contributed by atoms with E-state index in [1.807, 2.05) is 57.2 Å². The smallest absolute Gasteiger partial charge is 0.306 e. The van der Waals surface area contributed by atoms with Gasteiger partial charge in [-0.25, -0.2) is 0 Å². The first-order valence-electron chi connectivity index (χ1n) is 14.5. The first-order valence-corrected chi connectivity index (χ1v) is 14.5. The summed E-state index contributed by atoms with van der Waals surface area (Å²) in [6, 6.07) is 6.80. The number of likely N-dealkylation sites (tertiary alicyclic amines) is 1. The molecular weight excluding hydrogens is 526 g/mol. The van der Waals surface area contributed by atoms with Crippen LogP contribution in [0.25, 0.3) is 0 Å². The van der Waals surface area contributed by atoms with E-state index in [-0.39, 0.29) is 43.5 Å². The molecule has 4 heterocycles. The minimum absolute atomic E-state index is 0.0563. The Morgan fingerprint density at radius 1 is 1.10 bits per heavy atom. The summed E-state index contributed by atoms with van der Waals surface area (Å²) in [5, 5.41) is 13.3. The van der Waals surface area contributed by atoms with Crippen LogP contribution in [0.1, 0.15) is 51.6 Å². The zero-order chi connectivity index (χ0) is 29.3. The van der Waals surface area contributed by atoms with Gasteiger partial charge in [0.25, 0.3) is 0 Å². The second-order valence-electron chi connectivity index (χ2n) is 11.4. The van der Waals surface area contributed by atoms with Crippen LogP contribution >= 0.6 is 0 Å². The molecule has 1 aromatic carbocycles. The molecule has 2 fully saturated rings. The number of esters is 1. The van der Waals surface area contributed by atoms with Crippen molar-refractivity contribution in [3.8, 4) is 0 Å². The number of amides is 3. The molecule has 1 aromatic rings. The zero-order valence-electron chi connectivity index (χ0n) is 23.8. The third-order valence-electron chi connectivity index (χ3n) is 8.73. The number of cyclic esters (lactones) is 1. The summed E-state index contributed by atoms with van der Waals surface area (Å²) in [6.07, 6.45) is 7.29. The number of fused-ring (bicyclic) bond motifs is 2. The molecule has 7 atom stereocenters. The van der Waals surface area contributed by atoms with Crippen LogP contribution in [-0.4, -0.2) is 88.2 Å². The number of benzene rings is 1. The molecule has 2 saturated heterocycles. The van der Waals surface area contributed by atoms with Crippen molar-refractivity contribution < 1.29 is 33.8 Å². The van der Waals surface area contributed by atoms with E-state index < -0.39 is 47.6 Å². The topological polar surface area (TPSA) is 125 Å². The minimum atomic E-state index is -1.40. The number of hydrogen-bond donors (Lipinski definition) is 2. The van der Waals surface area contributed by atoms with Crippen molar-refractivity contribution in [1.29, 1.82) is 0 Å². The molecule has 0 unspecified atom stereocenters. The predicted molar refractivity (Wildman–Crippen MR) is 149 cm³/mol. The van der Waals surface area contributed by atoms with E-state index in [1.54, 1.807) is 23.1 Å². The van der Waals surface area contributed by atoms with Crippen molar-refractivity contribution in [2.75, 3.05) is 19.8 Å². The lowest BCUT2D eigenvalue weighted by atomic mass is 9.77. The molecule has 0 aromatic heterocycles. The summed E-state index contributed by atoms with van der Waals surface area (Å²) >= 11 is 0. The van der Waals surface area contributed by atoms with Crippen molar-refractivity contribution in [3.05, 3.63) is 60.2 Å². The molecule has 41 heavy (non-hydrogen) atoms. The van der Waals surface area contributed by atoms with Gasteiger partial charge in [0.05, 0.1) is 36.6 Å².